The van der Waals surface area contributed by atoms with E-state index in [0.717, 1.165) is 11.1 Å². The molecule has 1 atom stereocenters. The van der Waals surface area contributed by atoms with E-state index in [9.17, 15) is 9.59 Å². The van der Waals surface area contributed by atoms with Crippen LogP contribution in [0.15, 0.2) is 52.9 Å². The summed E-state index contributed by atoms with van der Waals surface area (Å²) >= 11 is 0. The molecule has 0 saturated heterocycles. The highest BCUT2D eigenvalue weighted by Crippen LogP contribution is 2.24. The van der Waals surface area contributed by atoms with Gasteiger partial charge in [-0.2, -0.15) is 0 Å². The summed E-state index contributed by atoms with van der Waals surface area (Å²) in [6.07, 6.45) is 0.668. The fraction of sp³-hybridized carbons (Fsp3) is 0.273. The van der Waals surface area contributed by atoms with E-state index in [1.165, 1.54) is 4.90 Å². The maximum absolute atomic E-state index is 12.8. The summed E-state index contributed by atoms with van der Waals surface area (Å²) in [5, 5.41) is 17.3. The van der Waals surface area contributed by atoms with Gasteiger partial charge < -0.3 is 14.4 Å². The minimum absolute atomic E-state index is 0.175. The highest BCUT2D eigenvalue weighted by Gasteiger charge is 2.23. The third-order valence-corrected chi connectivity index (χ3v) is 4.79. The van der Waals surface area contributed by atoms with Crippen molar-refractivity contribution in [3.05, 3.63) is 59.7 Å². The Balaban J connectivity index is 1.80. The number of carbonyl (C=O) groups is 2. The van der Waals surface area contributed by atoms with Crippen molar-refractivity contribution in [2.24, 2.45) is 0 Å². The molecule has 7 heteroatoms. The summed E-state index contributed by atoms with van der Waals surface area (Å²) in [6.45, 7) is 5.42. The monoisotopic (exact) mass is 393 g/mol. The smallest absolute Gasteiger partial charge is 0.323 e. The molecule has 0 bridgehead atoms. The first-order valence-corrected chi connectivity index (χ1v) is 9.42. The van der Waals surface area contributed by atoms with Crippen LogP contribution in [0.25, 0.3) is 22.9 Å². The second-order valence-electron chi connectivity index (χ2n) is 6.94. The number of nitrogens with zero attached hydrogens (tertiary/aromatic N) is 3. The third kappa shape index (κ3) is 4.68. The molecule has 1 heterocycles. The van der Waals surface area contributed by atoms with Crippen molar-refractivity contribution in [3.8, 4) is 22.9 Å². The molecule has 3 aromatic rings. The Morgan fingerprint density at radius 3 is 2.00 bits per heavy atom. The predicted molar refractivity (Wildman–Crippen MR) is 108 cm³/mol. The number of carboxylic acid groups (broad SMARTS) is 1. The zero-order chi connectivity index (χ0) is 21.0. The second kappa shape index (κ2) is 8.68. The van der Waals surface area contributed by atoms with Crippen molar-refractivity contribution >= 4 is 11.9 Å². The van der Waals surface area contributed by atoms with Gasteiger partial charge in [0.25, 0.3) is 5.91 Å². The molecule has 3 rings (SSSR count). The van der Waals surface area contributed by atoms with E-state index in [4.69, 9.17) is 9.52 Å². The Morgan fingerprint density at radius 2 is 1.52 bits per heavy atom. The van der Waals surface area contributed by atoms with Crippen molar-refractivity contribution in [2.75, 3.05) is 6.54 Å². The molecule has 0 aliphatic carbocycles. The lowest BCUT2D eigenvalue weighted by atomic mass is 10.1. The van der Waals surface area contributed by atoms with Crippen molar-refractivity contribution < 1.29 is 19.1 Å². The van der Waals surface area contributed by atoms with Crippen LogP contribution in [0.1, 0.15) is 36.2 Å². The van der Waals surface area contributed by atoms with Crippen LogP contribution in [0.4, 0.5) is 0 Å². The number of aromatic nitrogens is 2. The summed E-state index contributed by atoms with van der Waals surface area (Å²) in [6, 6.07) is 14.3. The topological polar surface area (TPSA) is 96.5 Å². The molecule has 1 unspecified atom stereocenters. The van der Waals surface area contributed by atoms with Gasteiger partial charge >= 0.3 is 5.97 Å². The minimum atomic E-state index is -1.04. The predicted octanol–water partition coefficient (Wildman–Crippen LogP) is 4.04. The van der Waals surface area contributed by atoms with E-state index in [1.807, 2.05) is 45.0 Å². The van der Waals surface area contributed by atoms with Crippen LogP contribution in [-0.4, -0.2) is 44.7 Å². The van der Waals surface area contributed by atoms with Gasteiger partial charge in [-0.1, -0.05) is 24.6 Å². The van der Waals surface area contributed by atoms with Crippen LogP contribution >= 0.6 is 0 Å². The van der Waals surface area contributed by atoms with Gasteiger partial charge in [-0.15, -0.1) is 10.2 Å². The number of carbonyl (C=O) groups excluding carboxylic acids is 1. The first-order chi connectivity index (χ1) is 13.9. The van der Waals surface area contributed by atoms with E-state index < -0.39 is 5.97 Å². The molecule has 29 heavy (non-hydrogen) atoms. The molecule has 0 aliphatic rings. The molecule has 1 amide bonds. The maximum Gasteiger partial charge on any atom is 0.323 e. The zero-order valence-electron chi connectivity index (χ0n) is 16.6. The van der Waals surface area contributed by atoms with Crippen LogP contribution in [-0.2, 0) is 4.79 Å². The van der Waals surface area contributed by atoms with E-state index in [2.05, 4.69) is 10.2 Å². The highest BCUT2D eigenvalue weighted by atomic mass is 16.4. The number of hydrogen-bond donors (Lipinski definition) is 1. The summed E-state index contributed by atoms with van der Waals surface area (Å²) in [7, 11) is 0. The molecular formula is C22H23N3O4. The molecule has 0 spiro atoms. The van der Waals surface area contributed by atoms with E-state index in [0.29, 0.717) is 29.3 Å². The fourth-order valence-corrected chi connectivity index (χ4v) is 2.87. The van der Waals surface area contributed by atoms with Crippen molar-refractivity contribution in [2.45, 2.75) is 33.2 Å². The second-order valence-corrected chi connectivity index (χ2v) is 6.94. The Labute approximate surface area is 169 Å². The Kier molecular flexibility index (Phi) is 6.07. The highest BCUT2D eigenvalue weighted by molar-refractivity contribution is 5.96. The Bertz CT molecular complexity index is 994. The summed E-state index contributed by atoms with van der Waals surface area (Å²) < 4.78 is 5.76. The Morgan fingerprint density at radius 1 is 1.00 bits per heavy atom. The normalized spacial score (nSPS) is 11.8. The average molecular weight is 393 g/mol. The lowest BCUT2D eigenvalue weighted by molar-refractivity contribution is -0.138. The zero-order valence-corrected chi connectivity index (χ0v) is 16.6. The molecule has 2 aromatic carbocycles. The van der Waals surface area contributed by atoms with Gasteiger partial charge in [0, 0.05) is 22.7 Å². The molecule has 1 aromatic heterocycles. The number of aliphatic carboxylic acids is 1. The molecule has 7 nitrogen and oxygen atoms in total. The van der Waals surface area contributed by atoms with Gasteiger partial charge in [0.15, 0.2) is 0 Å². The lowest BCUT2D eigenvalue weighted by Gasteiger charge is -2.27. The number of benzene rings is 2. The molecular weight excluding hydrogens is 370 g/mol. The Hall–Kier alpha value is -3.48. The van der Waals surface area contributed by atoms with Crippen LogP contribution in [0.5, 0.6) is 0 Å². The number of amides is 1. The van der Waals surface area contributed by atoms with E-state index in [-0.39, 0.29) is 18.5 Å². The van der Waals surface area contributed by atoms with Gasteiger partial charge in [-0.05, 0) is 56.7 Å². The number of aryl methyl sites for hydroxylation is 1. The molecule has 0 aliphatic heterocycles. The van der Waals surface area contributed by atoms with Gasteiger partial charge in [-0.25, -0.2) is 0 Å². The van der Waals surface area contributed by atoms with Crippen molar-refractivity contribution in [1.29, 1.82) is 0 Å². The van der Waals surface area contributed by atoms with Gasteiger partial charge in [0.05, 0.1) is 0 Å². The van der Waals surface area contributed by atoms with Gasteiger partial charge in [0.1, 0.15) is 6.54 Å². The number of hydrogen-bond acceptors (Lipinski definition) is 5. The van der Waals surface area contributed by atoms with Crippen LogP contribution in [0.3, 0.4) is 0 Å². The summed E-state index contributed by atoms with van der Waals surface area (Å²) in [4.78, 5) is 25.2. The number of carboxylic acids is 1. The maximum atomic E-state index is 12.8. The summed E-state index contributed by atoms with van der Waals surface area (Å²) in [5.74, 6) is -0.586. The lowest BCUT2D eigenvalue weighted by Crippen LogP contribution is -2.41. The third-order valence-electron chi connectivity index (χ3n) is 4.79. The van der Waals surface area contributed by atoms with Crippen LogP contribution in [0.2, 0.25) is 0 Å². The first-order valence-electron chi connectivity index (χ1n) is 9.42. The fourth-order valence-electron chi connectivity index (χ4n) is 2.87. The summed E-state index contributed by atoms with van der Waals surface area (Å²) in [5.41, 5.74) is 3.07. The van der Waals surface area contributed by atoms with Gasteiger partial charge in [0.2, 0.25) is 11.8 Å². The quantitative estimate of drug-likeness (QED) is 0.651. The standard InChI is InChI=1S/C22H23N3O4/c1-4-15(3)25(13-19(26)27)22(28)18-11-9-17(10-12-18)21-24-23-20(29-21)16-7-5-14(2)6-8-16/h5-12,15H,4,13H2,1-3H3,(H,26,27). The molecule has 150 valence electrons. The van der Waals surface area contributed by atoms with E-state index in [1.54, 1.807) is 24.3 Å². The van der Waals surface area contributed by atoms with Crippen LogP contribution in [0, 0.1) is 6.92 Å². The van der Waals surface area contributed by atoms with E-state index >= 15 is 0 Å². The first kappa shape index (κ1) is 20.3. The number of rotatable bonds is 7. The SMILES string of the molecule is CCC(C)N(CC(=O)O)C(=O)c1ccc(-c2nnc(-c3ccc(C)cc3)o2)cc1. The van der Waals surface area contributed by atoms with Crippen LogP contribution < -0.4 is 0 Å². The van der Waals surface area contributed by atoms with Crippen molar-refractivity contribution in [3.63, 3.8) is 0 Å². The minimum Gasteiger partial charge on any atom is -0.480 e. The largest absolute Gasteiger partial charge is 0.480 e. The average Bonchev–Trinajstić information content (AvgIpc) is 3.21. The molecule has 0 radical (unpaired) electrons. The molecule has 0 saturated carbocycles. The molecule has 1 N–H and O–H groups in total. The van der Waals surface area contributed by atoms with Gasteiger partial charge in [-0.3, -0.25) is 9.59 Å². The molecule has 0 fully saturated rings. The van der Waals surface area contributed by atoms with Crippen molar-refractivity contribution in [1.82, 2.24) is 15.1 Å².